The number of carbonyl (C=O) groups is 2. The SMILES string of the molecule is COc1ccsc1C(=O)N1CCCCCC1C(=O)O. The van der Waals surface area contributed by atoms with Gasteiger partial charge in [0.15, 0.2) is 0 Å². The number of hydrogen-bond acceptors (Lipinski definition) is 4. The van der Waals surface area contributed by atoms with Crippen LogP contribution >= 0.6 is 11.3 Å². The molecule has 1 aliphatic rings. The first-order valence-corrected chi connectivity index (χ1v) is 7.18. The van der Waals surface area contributed by atoms with Gasteiger partial charge in [0.05, 0.1) is 7.11 Å². The quantitative estimate of drug-likeness (QED) is 0.923. The highest BCUT2D eigenvalue weighted by molar-refractivity contribution is 7.12. The number of thiophene rings is 1. The summed E-state index contributed by atoms with van der Waals surface area (Å²) in [6, 6.07) is 1.01. The summed E-state index contributed by atoms with van der Waals surface area (Å²) >= 11 is 1.29. The smallest absolute Gasteiger partial charge is 0.326 e. The van der Waals surface area contributed by atoms with Crippen LogP contribution in [0, 0.1) is 0 Å². The first kappa shape index (κ1) is 13.9. The Hall–Kier alpha value is -1.56. The van der Waals surface area contributed by atoms with E-state index in [9.17, 15) is 14.7 Å². The van der Waals surface area contributed by atoms with Crippen LogP contribution in [0.3, 0.4) is 0 Å². The Morgan fingerprint density at radius 3 is 2.89 bits per heavy atom. The Morgan fingerprint density at radius 2 is 2.21 bits per heavy atom. The minimum Gasteiger partial charge on any atom is -0.495 e. The summed E-state index contributed by atoms with van der Waals surface area (Å²) in [5.74, 6) is -0.643. The summed E-state index contributed by atoms with van der Waals surface area (Å²) in [7, 11) is 1.51. The molecule has 1 saturated heterocycles. The summed E-state index contributed by atoms with van der Waals surface area (Å²) in [5.41, 5.74) is 0. The summed E-state index contributed by atoms with van der Waals surface area (Å²) < 4.78 is 5.14. The predicted octanol–water partition coefficient (Wildman–Crippen LogP) is 2.23. The molecule has 0 saturated carbocycles. The minimum absolute atomic E-state index is 0.235. The molecule has 1 aromatic heterocycles. The van der Waals surface area contributed by atoms with Gasteiger partial charge < -0.3 is 14.7 Å². The van der Waals surface area contributed by atoms with Gasteiger partial charge in [0, 0.05) is 6.54 Å². The maximum absolute atomic E-state index is 12.5. The Morgan fingerprint density at radius 1 is 1.42 bits per heavy atom. The molecule has 1 aromatic rings. The van der Waals surface area contributed by atoms with E-state index in [1.165, 1.54) is 23.3 Å². The van der Waals surface area contributed by atoms with Crippen LogP contribution in [-0.2, 0) is 4.79 Å². The molecule has 2 heterocycles. The molecule has 104 valence electrons. The molecule has 0 bridgehead atoms. The monoisotopic (exact) mass is 283 g/mol. The zero-order valence-corrected chi connectivity index (χ0v) is 11.6. The van der Waals surface area contributed by atoms with Gasteiger partial charge in [-0.15, -0.1) is 11.3 Å². The fourth-order valence-corrected chi connectivity index (χ4v) is 3.17. The van der Waals surface area contributed by atoms with Gasteiger partial charge in [0.25, 0.3) is 5.91 Å². The van der Waals surface area contributed by atoms with E-state index in [-0.39, 0.29) is 5.91 Å². The first-order valence-electron chi connectivity index (χ1n) is 6.30. The van der Waals surface area contributed by atoms with Crippen molar-refractivity contribution in [3.63, 3.8) is 0 Å². The summed E-state index contributed by atoms with van der Waals surface area (Å²) in [5, 5.41) is 11.1. The lowest BCUT2D eigenvalue weighted by atomic mass is 10.1. The molecule has 6 heteroatoms. The number of rotatable bonds is 3. The molecule has 1 N–H and O–H groups in total. The number of likely N-dealkylation sites (tertiary alicyclic amines) is 1. The van der Waals surface area contributed by atoms with Crippen molar-refractivity contribution >= 4 is 23.2 Å². The second-order valence-electron chi connectivity index (χ2n) is 4.52. The lowest BCUT2D eigenvalue weighted by Crippen LogP contribution is -2.44. The van der Waals surface area contributed by atoms with Gasteiger partial charge in [-0.1, -0.05) is 12.8 Å². The molecule has 2 rings (SSSR count). The van der Waals surface area contributed by atoms with Gasteiger partial charge >= 0.3 is 5.97 Å². The van der Waals surface area contributed by atoms with Crippen molar-refractivity contribution in [1.29, 1.82) is 0 Å². The van der Waals surface area contributed by atoms with Gasteiger partial charge in [-0.05, 0) is 24.3 Å². The van der Waals surface area contributed by atoms with Crippen molar-refractivity contribution in [2.75, 3.05) is 13.7 Å². The highest BCUT2D eigenvalue weighted by Crippen LogP contribution is 2.28. The number of amides is 1. The Bertz CT molecular complexity index is 471. The molecule has 1 unspecified atom stereocenters. The molecule has 0 radical (unpaired) electrons. The molecular formula is C13H17NO4S. The van der Waals surface area contributed by atoms with Crippen LogP contribution in [0.5, 0.6) is 5.75 Å². The Balaban J connectivity index is 2.26. The second kappa shape index (κ2) is 6.06. The molecular weight excluding hydrogens is 266 g/mol. The molecule has 19 heavy (non-hydrogen) atoms. The zero-order valence-electron chi connectivity index (χ0n) is 10.8. The van der Waals surface area contributed by atoms with E-state index < -0.39 is 12.0 Å². The molecule has 5 nitrogen and oxygen atoms in total. The minimum atomic E-state index is -0.925. The van der Waals surface area contributed by atoms with Gasteiger partial charge in [-0.25, -0.2) is 4.79 Å². The number of nitrogens with zero attached hydrogens (tertiary/aromatic N) is 1. The van der Waals surface area contributed by atoms with Gasteiger partial charge in [-0.2, -0.15) is 0 Å². The molecule has 0 aromatic carbocycles. The third-order valence-corrected chi connectivity index (χ3v) is 4.23. The van der Waals surface area contributed by atoms with Crippen LogP contribution in [0.4, 0.5) is 0 Å². The van der Waals surface area contributed by atoms with Crippen molar-refractivity contribution in [2.24, 2.45) is 0 Å². The van der Waals surface area contributed by atoms with Crippen molar-refractivity contribution in [3.05, 3.63) is 16.3 Å². The summed E-state index contributed by atoms with van der Waals surface area (Å²) in [4.78, 5) is 25.8. The number of ether oxygens (including phenoxy) is 1. The van der Waals surface area contributed by atoms with Crippen LogP contribution in [0.15, 0.2) is 11.4 Å². The highest BCUT2D eigenvalue weighted by atomic mass is 32.1. The summed E-state index contributed by atoms with van der Waals surface area (Å²) in [6.07, 6.45) is 3.19. The highest BCUT2D eigenvalue weighted by Gasteiger charge is 2.32. The molecule has 1 atom stereocenters. The first-order chi connectivity index (χ1) is 9.15. The fourth-order valence-electron chi connectivity index (χ4n) is 2.35. The number of methoxy groups -OCH3 is 1. The molecule has 1 aliphatic heterocycles. The molecule has 1 fully saturated rings. The predicted molar refractivity (Wildman–Crippen MR) is 71.8 cm³/mol. The zero-order chi connectivity index (χ0) is 13.8. The fraction of sp³-hybridized carbons (Fsp3) is 0.538. The Kier molecular flexibility index (Phi) is 4.42. The van der Waals surface area contributed by atoms with Crippen LogP contribution < -0.4 is 4.74 Å². The van der Waals surface area contributed by atoms with Crippen molar-refractivity contribution in [3.8, 4) is 5.75 Å². The van der Waals surface area contributed by atoms with E-state index >= 15 is 0 Å². The normalized spacial score (nSPS) is 19.8. The third kappa shape index (κ3) is 2.89. The van der Waals surface area contributed by atoms with Gasteiger partial charge in [0.2, 0.25) is 0 Å². The second-order valence-corrected chi connectivity index (χ2v) is 5.44. The maximum Gasteiger partial charge on any atom is 0.326 e. The number of carboxylic acids is 1. The average Bonchev–Trinajstić information content (AvgIpc) is 2.73. The average molecular weight is 283 g/mol. The standard InChI is InChI=1S/C13H17NO4S/c1-18-10-6-8-19-11(10)12(15)14-7-4-2-3-5-9(14)13(16)17/h6,8-9H,2-5,7H2,1H3,(H,16,17). The van der Waals surface area contributed by atoms with E-state index in [2.05, 4.69) is 0 Å². The maximum atomic E-state index is 12.5. The van der Waals surface area contributed by atoms with Gasteiger partial charge in [-0.3, -0.25) is 4.79 Å². The van der Waals surface area contributed by atoms with Gasteiger partial charge in [0.1, 0.15) is 16.7 Å². The van der Waals surface area contributed by atoms with E-state index in [0.717, 1.165) is 19.3 Å². The number of carboxylic acid groups (broad SMARTS) is 1. The molecule has 0 aliphatic carbocycles. The van der Waals surface area contributed by atoms with Crippen molar-refractivity contribution < 1.29 is 19.4 Å². The largest absolute Gasteiger partial charge is 0.495 e. The van der Waals surface area contributed by atoms with Crippen LogP contribution in [0.2, 0.25) is 0 Å². The van der Waals surface area contributed by atoms with Crippen LogP contribution in [-0.4, -0.2) is 41.6 Å². The molecule has 1 amide bonds. The van der Waals surface area contributed by atoms with E-state index in [0.29, 0.717) is 23.6 Å². The summed E-state index contributed by atoms with van der Waals surface area (Å²) in [6.45, 7) is 0.497. The van der Waals surface area contributed by atoms with Crippen LogP contribution in [0.25, 0.3) is 0 Å². The number of carbonyl (C=O) groups excluding carboxylic acids is 1. The Labute approximate surface area is 115 Å². The lowest BCUT2D eigenvalue weighted by molar-refractivity contribution is -0.142. The van der Waals surface area contributed by atoms with E-state index in [1.807, 2.05) is 0 Å². The van der Waals surface area contributed by atoms with Crippen molar-refractivity contribution in [1.82, 2.24) is 4.90 Å². The van der Waals surface area contributed by atoms with Crippen LogP contribution in [0.1, 0.15) is 35.4 Å². The third-order valence-electron chi connectivity index (χ3n) is 3.34. The number of hydrogen-bond donors (Lipinski definition) is 1. The van der Waals surface area contributed by atoms with E-state index in [1.54, 1.807) is 11.4 Å². The van der Waals surface area contributed by atoms with E-state index in [4.69, 9.17) is 4.74 Å². The number of aliphatic carboxylic acids is 1. The lowest BCUT2D eigenvalue weighted by Gasteiger charge is -2.26. The van der Waals surface area contributed by atoms with Crippen molar-refractivity contribution in [2.45, 2.75) is 31.7 Å². The molecule has 0 spiro atoms. The topological polar surface area (TPSA) is 66.8 Å².